The molecule has 82 valence electrons. The first kappa shape index (κ1) is 10.9. The number of rotatable bonds is 2. The van der Waals surface area contributed by atoms with Gasteiger partial charge in [0.1, 0.15) is 0 Å². The first-order chi connectivity index (χ1) is 7.27. The van der Waals surface area contributed by atoms with E-state index in [1.807, 2.05) is 12.1 Å². The summed E-state index contributed by atoms with van der Waals surface area (Å²) in [6.07, 6.45) is -0.539. The maximum atomic E-state index is 10.1. The second kappa shape index (κ2) is 4.94. The normalized spacial score (nSPS) is 23.7. The van der Waals surface area contributed by atoms with Crippen LogP contribution in [0.5, 0.6) is 0 Å². The summed E-state index contributed by atoms with van der Waals surface area (Å²) in [6.45, 7) is 2.04. The third-order valence-corrected chi connectivity index (χ3v) is 2.79. The number of aliphatic hydroxyl groups is 1. The number of aliphatic hydroxyl groups excluding tert-OH is 1. The van der Waals surface area contributed by atoms with E-state index >= 15 is 0 Å². The molecule has 3 nitrogen and oxygen atoms in total. The Morgan fingerprint density at radius 1 is 1.40 bits per heavy atom. The molecule has 0 radical (unpaired) electrons. The molecule has 1 heterocycles. The van der Waals surface area contributed by atoms with Crippen LogP contribution in [0.1, 0.15) is 11.7 Å². The second-order valence-electron chi connectivity index (χ2n) is 3.63. The van der Waals surface area contributed by atoms with Gasteiger partial charge in [-0.05, 0) is 17.7 Å². The van der Waals surface area contributed by atoms with Gasteiger partial charge < -0.3 is 15.2 Å². The van der Waals surface area contributed by atoms with Crippen LogP contribution in [0.2, 0.25) is 5.02 Å². The number of ether oxygens (including phenoxy) is 1. The number of benzene rings is 1. The van der Waals surface area contributed by atoms with E-state index in [2.05, 4.69) is 5.32 Å². The molecular weight excluding hydrogens is 214 g/mol. The van der Waals surface area contributed by atoms with Gasteiger partial charge in [-0.1, -0.05) is 23.7 Å². The van der Waals surface area contributed by atoms with Crippen LogP contribution in [0.15, 0.2) is 24.3 Å². The number of morpholine rings is 1. The summed E-state index contributed by atoms with van der Waals surface area (Å²) in [7, 11) is 0. The smallest absolute Gasteiger partial charge is 0.0965 e. The summed E-state index contributed by atoms with van der Waals surface area (Å²) in [5, 5.41) is 14.0. The predicted octanol–water partition coefficient (Wildman–Crippen LogP) is 1.36. The fourth-order valence-corrected chi connectivity index (χ4v) is 1.81. The molecule has 0 aliphatic carbocycles. The van der Waals surface area contributed by atoms with Crippen LogP contribution in [-0.2, 0) is 4.74 Å². The van der Waals surface area contributed by atoms with Gasteiger partial charge in [0, 0.05) is 11.6 Å². The van der Waals surface area contributed by atoms with Gasteiger partial charge in [-0.3, -0.25) is 0 Å². The average molecular weight is 228 g/mol. The Bertz CT molecular complexity index is 309. The lowest BCUT2D eigenvalue weighted by molar-refractivity contribution is 0.0177. The minimum Gasteiger partial charge on any atom is -0.387 e. The van der Waals surface area contributed by atoms with Gasteiger partial charge in [-0.15, -0.1) is 0 Å². The molecule has 2 atom stereocenters. The van der Waals surface area contributed by atoms with Crippen molar-refractivity contribution in [2.24, 2.45) is 0 Å². The van der Waals surface area contributed by atoms with Crippen molar-refractivity contribution in [2.45, 2.75) is 12.1 Å². The van der Waals surface area contributed by atoms with Crippen molar-refractivity contribution in [2.75, 3.05) is 19.8 Å². The predicted molar refractivity (Wildman–Crippen MR) is 59.0 cm³/mol. The average Bonchev–Trinajstić information content (AvgIpc) is 2.30. The molecule has 2 unspecified atom stereocenters. The summed E-state index contributed by atoms with van der Waals surface area (Å²) in [6, 6.07) is 7.21. The number of hydrogen-bond donors (Lipinski definition) is 2. The van der Waals surface area contributed by atoms with Gasteiger partial charge >= 0.3 is 0 Å². The van der Waals surface area contributed by atoms with Crippen molar-refractivity contribution in [3.8, 4) is 0 Å². The van der Waals surface area contributed by atoms with Gasteiger partial charge in [0.25, 0.3) is 0 Å². The fourth-order valence-electron chi connectivity index (χ4n) is 1.68. The summed E-state index contributed by atoms with van der Waals surface area (Å²) in [5.41, 5.74) is 0.863. The lowest BCUT2D eigenvalue weighted by atomic mass is 10.0. The van der Waals surface area contributed by atoms with Gasteiger partial charge in [0.15, 0.2) is 0 Å². The highest BCUT2D eigenvalue weighted by Crippen LogP contribution is 2.20. The maximum absolute atomic E-state index is 10.1. The topological polar surface area (TPSA) is 41.5 Å². The van der Waals surface area contributed by atoms with E-state index in [-0.39, 0.29) is 6.04 Å². The molecule has 1 aromatic carbocycles. The van der Waals surface area contributed by atoms with Gasteiger partial charge in [-0.2, -0.15) is 0 Å². The molecule has 15 heavy (non-hydrogen) atoms. The summed E-state index contributed by atoms with van der Waals surface area (Å²) in [5.74, 6) is 0. The van der Waals surface area contributed by atoms with E-state index < -0.39 is 6.10 Å². The Labute approximate surface area is 94.0 Å². The molecule has 0 amide bonds. The third-order valence-electron chi connectivity index (χ3n) is 2.54. The standard InChI is InChI=1S/C11H14ClNO2/c12-9-3-1-8(2-4-9)11(14)10-7-15-6-5-13-10/h1-4,10-11,13-14H,5-7H2. The summed E-state index contributed by atoms with van der Waals surface area (Å²) in [4.78, 5) is 0. The molecule has 0 saturated carbocycles. The largest absolute Gasteiger partial charge is 0.387 e. The van der Waals surface area contributed by atoms with Crippen molar-refractivity contribution in [1.29, 1.82) is 0 Å². The lowest BCUT2D eigenvalue weighted by Gasteiger charge is -2.28. The third kappa shape index (κ3) is 2.69. The minimum absolute atomic E-state index is 0.0278. The molecule has 1 aliphatic heterocycles. The monoisotopic (exact) mass is 227 g/mol. The zero-order chi connectivity index (χ0) is 10.7. The van der Waals surface area contributed by atoms with Crippen LogP contribution in [0, 0.1) is 0 Å². The summed E-state index contributed by atoms with van der Waals surface area (Å²) >= 11 is 5.78. The lowest BCUT2D eigenvalue weighted by Crippen LogP contribution is -2.45. The van der Waals surface area contributed by atoms with Gasteiger partial charge in [-0.25, -0.2) is 0 Å². The molecule has 1 fully saturated rings. The van der Waals surface area contributed by atoms with E-state index in [0.29, 0.717) is 18.2 Å². The van der Waals surface area contributed by atoms with Gasteiger partial charge in [0.2, 0.25) is 0 Å². The van der Waals surface area contributed by atoms with Crippen molar-refractivity contribution in [3.63, 3.8) is 0 Å². The van der Waals surface area contributed by atoms with Crippen LogP contribution < -0.4 is 5.32 Å². The Hall–Kier alpha value is -0.610. The van der Waals surface area contributed by atoms with E-state index in [9.17, 15) is 5.11 Å². The molecule has 0 aromatic heterocycles. The zero-order valence-electron chi connectivity index (χ0n) is 8.32. The Balaban J connectivity index is 2.05. The first-order valence-electron chi connectivity index (χ1n) is 5.02. The van der Waals surface area contributed by atoms with E-state index in [0.717, 1.165) is 12.1 Å². The fraction of sp³-hybridized carbons (Fsp3) is 0.455. The number of hydrogen-bond acceptors (Lipinski definition) is 3. The Kier molecular flexibility index (Phi) is 3.59. The SMILES string of the molecule is OC(c1ccc(Cl)cc1)C1COCCN1. The molecule has 2 rings (SSSR count). The van der Waals surface area contributed by atoms with Crippen molar-refractivity contribution in [1.82, 2.24) is 5.32 Å². The highest BCUT2D eigenvalue weighted by molar-refractivity contribution is 6.30. The molecule has 2 N–H and O–H groups in total. The van der Waals surface area contributed by atoms with Crippen molar-refractivity contribution < 1.29 is 9.84 Å². The highest BCUT2D eigenvalue weighted by atomic mass is 35.5. The van der Waals surface area contributed by atoms with Crippen molar-refractivity contribution in [3.05, 3.63) is 34.9 Å². The zero-order valence-corrected chi connectivity index (χ0v) is 9.07. The number of nitrogens with one attached hydrogen (secondary N) is 1. The van der Waals surface area contributed by atoms with Gasteiger partial charge in [0.05, 0.1) is 25.4 Å². The van der Waals surface area contributed by atoms with Crippen LogP contribution in [-0.4, -0.2) is 30.9 Å². The molecule has 0 bridgehead atoms. The molecular formula is C11H14ClNO2. The molecule has 1 saturated heterocycles. The molecule has 1 aliphatic rings. The molecule has 1 aromatic rings. The van der Waals surface area contributed by atoms with Crippen molar-refractivity contribution >= 4 is 11.6 Å². The molecule has 4 heteroatoms. The van der Waals surface area contributed by atoms with Crippen LogP contribution in [0.4, 0.5) is 0 Å². The first-order valence-corrected chi connectivity index (χ1v) is 5.40. The summed E-state index contributed by atoms with van der Waals surface area (Å²) < 4.78 is 5.30. The Morgan fingerprint density at radius 3 is 2.73 bits per heavy atom. The Morgan fingerprint density at radius 2 is 2.13 bits per heavy atom. The minimum atomic E-state index is -0.539. The number of halogens is 1. The maximum Gasteiger partial charge on any atom is 0.0965 e. The van der Waals surface area contributed by atoms with Crippen LogP contribution in [0.25, 0.3) is 0 Å². The van der Waals surface area contributed by atoms with E-state index in [1.165, 1.54) is 0 Å². The van der Waals surface area contributed by atoms with Crippen LogP contribution >= 0.6 is 11.6 Å². The van der Waals surface area contributed by atoms with Crippen LogP contribution in [0.3, 0.4) is 0 Å². The van der Waals surface area contributed by atoms with E-state index in [4.69, 9.17) is 16.3 Å². The molecule has 0 spiro atoms. The quantitative estimate of drug-likeness (QED) is 0.802. The van der Waals surface area contributed by atoms with E-state index in [1.54, 1.807) is 12.1 Å². The second-order valence-corrected chi connectivity index (χ2v) is 4.07. The highest BCUT2D eigenvalue weighted by Gasteiger charge is 2.22.